The van der Waals surface area contributed by atoms with Crippen LogP contribution in [0.5, 0.6) is 0 Å². The molecule has 0 radical (unpaired) electrons. The van der Waals surface area contributed by atoms with Crippen molar-refractivity contribution in [1.82, 2.24) is 0 Å². The van der Waals surface area contributed by atoms with Crippen molar-refractivity contribution in [2.45, 2.75) is 27.7 Å². The first kappa shape index (κ1) is 24.8. The van der Waals surface area contributed by atoms with Crippen LogP contribution in [0.1, 0.15) is 27.7 Å². The molecule has 0 bridgehead atoms. The minimum atomic E-state index is 0.728. The molecule has 0 aromatic carbocycles. The lowest BCUT2D eigenvalue weighted by molar-refractivity contribution is 0.346. The Kier molecular flexibility index (Phi) is 32.8. The highest BCUT2D eigenvalue weighted by Gasteiger charge is 1.82. The third kappa shape index (κ3) is 26.3. The molecule has 2 nitrogen and oxygen atoms in total. The van der Waals surface area contributed by atoms with Gasteiger partial charge in [0.1, 0.15) is 8.77 Å². The smallest absolute Gasteiger partial charge is 0.127 e. The molecular formula is C10H26O2S6. The van der Waals surface area contributed by atoms with E-state index in [4.69, 9.17) is 9.47 Å². The van der Waals surface area contributed by atoms with Crippen molar-refractivity contribution in [2.24, 2.45) is 0 Å². The van der Waals surface area contributed by atoms with Crippen LogP contribution >= 0.6 is 71.3 Å². The molecule has 114 valence electrons. The number of ether oxygens (including phenoxy) is 2. The van der Waals surface area contributed by atoms with E-state index >= 15 is 0 Å². The van der Waals surface area contributed by atoms with Crippen LogP contribution in [0.4, 0.5) is 0 Å². The quantitative estimate of drug-likeness (QED) is 0.257. The summed E-state index contributed by atoms with van der Waals surface area (Å²) in [4.78, 5) is 0. The van der Waals surface area contributed by atoms with Gasteiger partial charge < -0.3 is 9.47 Å². The summed E-state index contributed by atoms with van der Waals surface area (Å²) in [5.74, 6) is 2.16. The molecule has 0 aliphatic carbocycles. The highest BCUT2D eigenvalue weighted by atomic mass is 33.1. The second kappa shape index (κ2) is 23.8. The maximum absolute atomic E-state index is 5.05. The van der Waals surface area contributed by atoms with Crippen molar-refractivity contribution in [3.63, 3.8) is 0 Å². The molecule has 0 aromatic rings. The predicted octanol–water partition coefficient (Wildman–Crippen LogP) is 3.81. The Morgan fingerprint density at radius 2 is 1.06 bits per heavy atom. The monoisotopic (exact) mass is 370 g/mol. The Morgan fingerprint density at radius 3 is 1.22 bits per heavy atom. The summed E-state index contributed by atoms with van der Waals surface area (Å²) in [6, 6.07) is 0. The lowest BCUT2D eigenvalue weighted by Crippen LogP contribution is -1.92. The van der Waals surface area contributed by atoms with Crippen LogP contribution in [0, 0.1) is 0 Å². The second-order valence-electron chi connectivity index (χ2n) is 2.38. The molecule has 0 heterocycles. The minimum absolute atomic E-state index is 0.728. The van der Waals surface area contributed by atoms with Crippen LogP contribution in [0.25, 0.3) is 0 Å². The maximum Gasteiger partial charge on any atom is 0.127 e. The Hall–Kier alpha value is 1.76. The molecule has 0 rings (SSSR count). The largest absolute Gasteiger partial charge is 0.335 e. The van der Waals surface area contributed by atoms with Gasteiger partial charge in [0.25, 0.3) is 0 Å². The zero-order valence-corrected chi connectivity index (χ0v) is 16.7. The number of hydrogen-bond acceptors (Lipinski definition) is 4. The molecule has 0 amide bonds. The normalized spacial score (nSPS) is 12.0. The summed E-state index contributed by atoms with van der Waals surface area (Å²) < 4.78 is 11.8. The van der Waals surface area contributed by atoms with Gasteiger partial charge in [-0.3, -0.25) is 0 Å². The number of hydrogen-bond donors (Lipinski definition) is 6. The molecule has 0 fully saturated rings. The van der Waals surface area contributed by atoms with Gasteiger partial charge in [-0.1, -0.05) is 13.8 Å². The second-order valence-corrected chi connectivity index (χ2v) is 6.61. The number of thiol groups is 6. The van der Waals surface area contributed by atoms with Crippen molar-refractivity contribution in [2.75, 3.05) is 24.7 Å². The first-order valence-corrected chi connectivity index (χ1v) is 10.2. The van der Waals surface area contributed by atoms with E-state index in [0.29, 0.717) is 0 Å². The first-order valence-electron chi connectivity index (χ1n) is 5.54. The Labute approximate surface area is 141 Å². The Bertz CT molecular complexity index is 187. The highest BCUT2D eigenvalue weighted by Crippen LogP contribution is 1.96. The lowest BCUT2D eigenvalue weighted by atomic mass is 10.9. The van der Waals surface area contributed by atoms with Gasteiger partial charge in [-0.25, -0.2) is 0 Å². The van der Waals surface area contributed by atoms with Gasteiger partial charge in [0.05, 0.1) is 13.2 Å². The predicted molar refractivity (Wildman–Crippen MR) is 108 cm³/mol. The van der Waals surface area contributed by atoms with E-state index in [0.717, 1.165) is 33.5 Å². The SMILES string of the molecule is CCOC(S)=[SH]CC.CCOC(S)=[SH]CC.SS. The van der Waals surface area contributed by atoms with E-state index in [1.54, 1.807) is 0 Å². The van der Waals surface area contributed by atoms with Crippen LogP contribution in [-0.4, -0.2) is 33.5 Å². The van der Waals surface area contributed by atoms with Gasteiger partial charge in [-0.15, -0.1) is 48.6 Å². The zero-order valence-electron chi connectivity index (χ0n) is 11.3. The Balaban J connectivity index is -0.000000219. The third-order valence-electron chi connectivity index (χ3n) is 1.13. The summed E-state index contributed by atoms with van der Waals surface area (Å²) in [6.45, 7) is 9.56. The first-order chi connectivity index (χ1) is 8.62. The highest BCUT2D eigenvalue weighted by molar-refractivity contribution is 8.59. The average Bonchev–Trinajstić information content (AvgIpc) is 2.34. The standard InChI is InChI=1S/2C5H12OS2.H2S2/c2*1-3-6-5(7)8-4-2;1-2/h2*7-8H,3-4H2,1-2H3;1-2H. The van der Waals surface area contributed by atoms with Gasteiger partial charge in [0.2, 0.25) is 0 Å². The summed E-state index contributed by atoms with van der Waals surface area (Å²) in [7, 11) is 0. The third-order valence-corrected chi connectivity index (χ3v) is 3.67. The molecule has 0 spiro atoms. The van der Waals surface area contributed by atoms with Crippen molar-refractivity contribution in [3.05, 3.63) is 0 Å². The van der Waals surface area contributed by atoms with Crippen LogP contribution in [0.3, 0.4) is 0 Å². The minimum Gasteiger partial charge on any atom is -0.335 e. The molecule has 0 unspecified atom stereocenters. The van der Waals surface area contributed by atoms with E-state index < -0.39 is 0 Å². The van der Waals surface area contributed by atoms with Gasteiger partial charge >= 0.3 is 0 Å². The van der Waals surface area contributed by atoms with E-state index in [1.165, 1.54) is 22.7 Å². The maximum atomic E-state index is 5.05. The van der Waals surface area contributed by atoms with E-state index in [-0.39, 0.29) is 0 Å². The van der Waals surface area contributed by atoms with Crippen LogP contribution in [0.2, 0.25) is 0 Å². The molecule has 0 aliphatic heterocycles. The molecule has 0 saturated carbocycles. The molecule has 0 saturated heterocycles. The topological polar surface area (TPSA) is 18.5 Å². The summed E-state index contributed by atoms with van der Waals surface area (Å²) in [5.41, 5.74) is 0. The molecule has 8 heteroatoms. The summed E-state index contributed by atoms with van der Waals surface area (Å²) in [6.07, 6.45) is 0. The molecule has 0 N–H and O–H groups in total. The van der Waals surface area contributed by atoms with Gasteiger partial charge in [0, 0.05) is 0 Å². The van der Waals surface area contributed by atoms with E-state index in [1.807, 2.05) is 13.8 Å². The van der Waals surface area contributed by atoms with E-state index in [9.17, 15) is 0 Å². The molecule has 18 heavy (non-hydrogen) atoms. The lowest BCUT2D eigenvalue weighted by Gasteiger charge is -1.95. The van der Waals surface area contributed by atoms with Crippen molar-refractivity contribution in [1.29, 1.82) is 0 Å². The molecule has 0 atom stereocenters. The fraction of sp³-hybridized carbons (Fsp3) is 0.800. The average molecular weight is 371 g/mol. The fourth-order valence-electron chi connectivity index (χ4n) is 0.620. The molecule has 0 aliphatic rings. The van der Waals surface area contributed by atoms with Crippen LogP contribution < -0.4 is 0 Å². The Morgan fingerprint density at radius 1 is 0.778 bits per heavy atom. The van der Waals surface area contributed by atoms with E-state index in [2.05, 4.69) is 62.4 Å². The fourth-order valence-corrected chi connectivity index (χ4v) is 2.71. The molecule has 0 aromatic heterocycles. The number of rotatable bonds is 4. The van der Waals surface area contributed by atoms with Gasteiger partial charge in [-0.2, -0.15) is 22.7 Å². The van der Waals surface area contributed by atoms with Gasteiger partial charge in [-0.05, 0) is 25.4 Å². The van der Waals surface area contributed by atoms with Crippen molar-refractivity contribution >= 4 is 80.0 Å². The van der Waals surface area contributed by atoms with Gasteiger partial charge in [0.15, 0.2) is 0 Å². The van der Waals surface area contributed by atoms with Crippen molar-refractivity contribution in [3.8, 4) is 0 Å². The molecular weight excluding hydrogens is 345 g/mol. The summed E-state index contributed by atoms with van der Waals surface area (Å²) >= 11 is 17.0. The van der Waals surface area contributed by atoms with Crippen LogP contribution in [0.15, 0.2) is 0 Å². The van der Waals surface area contributed by atoms with Crippen LogP contribution in [-0.2, 0) is 9.47 Å². The zero-order chi connectivity index (χ0) is 14.8. The summed E-state index contributed by atoms with van der Waals surface area (Å²) in [5, 5.41) is 0. The van der Waals surface area contributed by atoms with Crippen molar-refractivity contribution < 1.29 is 9.47 Å².